The number of benzene rings is 3. The van der Waals surface area contributed by atoms with E-state index in [0.717, 1.165) is 22.4 Å². The summed E-state index contributed by atoms with van der Waals surface area (Å²) in [6.07, 6.45) is 1.83. The van der Waals surface area contributed by atoms with Crippen molar-refractivity contribution in [2.45, 2.75) is 19.9 Å². The summed E-state index contributed by atoms with van der Waals surface area (Å²) >= 11 is 1.29. The molecule has 1 aliphatic heterocycles. The number of aromatic nitrogens is 1. The minimum absolute atomic E-state index is 0.223. The van der Waals surface area contributed by atoms with Crippen molar-refractivity contribution in [3.63, 3.8) is 0 Å². The SMILES string of the molecule is COc1cccc([C@@H]2C(C(=O)Nc3ccccc3)=C(C)N=c3s/c(=C\c4ccc(C)c(OC)c4)c(=O)n32)c1. The third-order valence-electron chi connectivity index (χ3n) is 6.44. The first-order valence-corrected chi connectivity index (χ1v) is 12.9. The molecular weight excluding hydrogens is 498 g/mol. The summed E-state index contributed by atoms with van der Waals surface area (Å²) in [6.45, 7) is 3.77. The van der Waals surface area contributed by atoms with Gasteiger partial charge in [0.15, 0.2) is 4.80 Å². The molecule has 0 saturated heterocycles. The van der Waals surface area contributed by atoms with Crippen molar-refractivity contribution >= 4 is 29.0 Å². The van der Waals surface area contributed by atoms with Gasteiger partial charge in [0.1, 0.15) is 11.5 Å². The Morgan fingerprint density at radius 2 is 1.79 bits per heavy atom. The maximum Gasteiger partial charge on any atom is 0.271 e. The molecule has 0 spiro atoms. The number of thiazole rings is 1. The van der Waals surface area contributed by atoms with Gasteiger partial charge in [-0.05, 0) is 66.9 Å². The Morgan fingerprint density at radius 3 is 2.53 bits per heavy atom. The first-order valence-electron chi connectivity index (χ1n) is 12.1. The second kappa shape index (κ2) is 10.5. The fourth-order valence-electron chi connectivity index (χ4n) is 4.54. The Morgan fingerprint density at radius 1 is 1.00 bits per heavy atom. The van der Waals surface area contributed by atoms with Crippen molar-refractivity contribution < 1.29 is 14.3 Å². The van der Waals surface area contributed by atoms with E-state index >= 15 is 0 Å². The number of nitrogens with one attached hydrogen (secondary N) is 1. The van der Waals surface area contributed by atoms with Gasteiger partial charge in [-0.1, -0.05) is 53.8 Å². The predicted molar refractivity (Wildman–Crippen MR) is 150 cm³/mol. The Labute approximate surface area is 224 Å². The van der Waals surface area contributed by atoms with E-state index in [1.54, 1.807) is 25.7 Å². The zero-order chi connectivity index (χ0) is 26.8. The van der Waals surface area contributed by atoms with Crippen LogP contribution in [0.4, 0.5) is 5.69 Å². The quantitative estimate of drug-likeness (QED) is 0.409. The van der Waals surface area contributed by atoms with Crippen LogP contribution >= 0.6 is 11.3 Å². The van der Waals surface area contributed by atoms with Crippen LogP contribution in [-0.2, 0) is 4.79 Å². The molecule has 0 aliphatic carbocycles. The van der Waals surface area contributed by atoms with Crippen molar-refractivity contribution in [1.82, 2.24) is 4.57 Å². The highest BCUT2D eigenvalue weighted by Crippen LogP contribution is 2.32. The number of hydrogen-bond donors (Lipinski definition) is 1. The molecule has 5 rings (SSSR count). The monoisotopic (exact) mass is 525 g/mol. The summed E-state index contributed by atoms with van der Waals surface area (Å²) in [7, 11) is 3.21. The van der Waals surface area contributed by atoms with Crippen LogP contribution < -0.4 is 29.7 Å². The predicted octanol–water partition coefficient (Wildman–Crippen LogP) is 4.20. The molecule has 7 nitrogen and oxygen atoms in total. The molecule has 0 fully saturated rings. The highest BCUT2D eigenvalue weighted by atomic mass is 32.1. The van der Waals surface area contributed by atoms with Crippen LogP contribution in [0.2, 0.25) is 0 Å². The van der Waals surface area contributed by atoms with Crippen molar-refractivity contribution in [1.29, 1.82) is 0 Å². The van der Waals surface area contributed by atoms with Crippen molar-refractivity contribution in [3.05, 3.63) is 120 Å². The maximum absolute atomic E-state index is 13.9. The molecule has 38 heavy (non-hydrogen) atoms. The number of fused-ring (bicyclic) bond motifs is 1. The number of ether oxygens (including phenoxy) is 2. The highest BCUT2D eigenvalue weighted by Gasteiger charge is 2.32. The zero-order valence-corrected chi connectivity index (χ0v) is 22.3. The lowest BCUT2D eigenvalue weighted by Crippen LogP contribution is -2.40. The lowest BCUT2D eigenvalue weighted by Gasteiger charge is -2.25. The average molecular weight is 526 g/mol. The van der Waals surface area contributed by atoms with Crippen molar-refractivity contribution in [2.24, 2.45) is 4.99 Å². The van der Waals surface area contributed by atoms with E-state index in [4.69, 9.17) is 14.5 Å². The van der Waals surface area contributed by atoms with Gasteiger partial charge in [-0.15, -0.1) is 0 Å². The van der Waals surface area contributed by atoms with Gasteiger partial charge in [0, 0.05) is 5.69 Å². The third-order valence-corrected chi connectivity index (χ3v) is 7.42. The molecule has 8 heteroatoms. The number of nitrogens with zero attached hydrogens (tertiary/aromatic N) is 2. The van der Waals surface area contributed by atoms with E-state index in [2.05, 4.69) is 5.32 Å². The van der Waals surface area contributed by atoms with Crippen LogP contribution in [0, 0.1) is 6.92 Å². The van der Waals surface area contributed by atoms with Crippen LogP contribution in [0.3, 0.4) is 0 Å². The number of carbonyl (C=O) groups is 1. The number of anilines is 1. The largest absolute Gasteiger partial charge is 0.497 e. The van der Waals surface area contributed by atoms with Crippen molar-refractivity contribution in [2.75, 3.05) is 19.5 Å². The topological polar surface area (TPSA) is 81.9 Å². The Bertz CT molecular complexity index is 1740. The highest BCUT2D eigenvalue weighted by molar-refractivity contribution is 7.07. The summed E-state index contributed by atoms with van der Waals surface area (Å²) in [4.78, 5) is 32.8. The number of amides is 1. The van der Waals surface area contributed by atoms with E-state index in [0.29, 0.717) is 32.0 Å². The number of carbonyl (C=O) groups excluding carboxylic acids is 1. The number of hydrogen-bond acceptors (Lipinski definition) is 6. The number of aryl methyl sites for hydroxylation is 1. The molecule has 4 aromatic rings. The molecule has 1 amide bonds. The summed E-state index contributed by atoms with van der Waals surface area (Å²) in [5.74, 6) is 1.06. The van der Waals surface area contributed by atoms with Gasteiger partial charge in [0.2, 0.25) is 0 Å². The molecule has 0 unspecified atom stereocenters. The van der Waals surface area contributed by atoms with Crippen LogP contribution in [0.15, 0.2) is 93.9 Å². The molecule has 0 radical (unpaired) electrons. The number of allylic oxidation sites excluding steroid dienone is 1. The van der Waals surface area contributed by atoms with Gasteiger partial charge in [-0.3, -0.25) is 14.2 Å². The summed E-state index contributed by atoms with van der Waals surface area (Å²) in [6, 6.07) is 21.8. The standard InChI is InChI=1S/C30H27N3O4S/c1-18-13-14-20(15-24(18)37-4)16-25-29(35)33-27(21-9-8-12-23(17-21)36-3)26(19(2)31-30(33)38-25)28(34)32-22-10-6-5-7-11-22/h5-17,27H,1-4H3,(H,32,34)/b25-16-/t27-/m1/s1. The van der Waals surface area contributed by atoms with Gasteiger partial charge in [0.25, 0.3) is 11.5 Å². The first kappa shape index (κ1) is 25.2. The number of methoxy groups -OCH3 is 2. The summed E-state index contributed by atoms with van der Waals surface area (Å²) < 4.78 is 13.0. The first-order chi connectivity index (χ1) is 18.4. The summed E-state index contributed by atoms with van der Waals surface area (Å²) in [5.41, 5.74) is 3.99. The number of rotatable bonds is 6. The third kappa shape index (κ3) is 4.78. The maximum atomic E-state index is 13.9. The van der Waals surface area contributed by atoms with Crippen LogP contribution in [-0.4, -0.2) is 24.7 Å². The molecule has 1 aliphatic rings. The molecule has 192 valence electrons. The molecule has 0 bridgehead atoms. The molecule has 3 aromatic carbocycles. The van der Waals surface area contributed by atoms with Crippen LogP contribution in [0.1, 0.15) is 29.7 Å². The Kier molecular flexibility index (Phi) is 6.98. The molecule has 1 N–H and O–H groups in total. The average Bonchev–Trinajstić information content (AvgIpc) is 3.23. The molecule has 2 heterocycles. The smallest absolute Gasteiger partial charge is 0.271 e. The fraction of sp³-hybridized carbons (Fsp3) is 0.167. The fourth-order valence-corrected chi connectivity index (χ4v) is 5.58. The van der Waals surface area contributed by atoms with E-state index in [1.165, 1.54) is 11.3 Å². The minimum atomic E-state index is -0.681. The molecule has 1 aromatic heterocycles. The Balaban J connectivity index is 1.68. The van der Waals surface area contributed by atoms with Gasteiger partial charge in [0.05, 0.1) is 36.1 Å². The van der Waals surface area contributed by atoms with E-state index < -0.39 is 6.04 Å². The van der Waals surface area contributed by atoms with Gasteiger partial charge in [-0.25, -0.2) is 4.99 Å². The molecular formula is C30H27N3O4S. The van der Waals surface area contributed by atoms with E-state index in [1.807, 2.05) is 85.8 Å². The minimum Gasteiger partial charge on any atom is -0.497 e. The van der Waals surface area contributed by atoms with E-state index in [9.17, 15) is 9.59 Å². The summed E-state index contributed by atoms with van der Waals surface area (Å²) in [5, 5.41) is 2.96. The number of para-hydroxylation sites is 1. The zero-order valence-electron chi connectivity index (χ0n) is 21.5. The van der Waals surface area contributed by atoms with Gasteiger partial charge < -0.3 is 14.8 Å². The van der Waals surface area contributed by atoms with Crippen molar-refractivity contribution in [3.8, 4) is 11.5 Å². The lowest BCUT2D eigenvalue weighted by molar-refractivity contribution is -0.113. The van der Waals surface area contributed by atoms with Gasteiger partial charge in [-0.2, -0.15) is 0 Å². The molecule has 0 saturated carbocycles. The van der Waals surface area contributed by atoms with Crippen LogP contribution in [0.5, 0.6) is 11.5 Å². The molecule has 1 atom stereocenters. The second-order valence-electron chi connectivity index (χ2n) is 8.91. The second-order valence-corrected chi connectivity index (χ2v) is 9.92. The van der Waals surface area contributed by atoms with Crippen LogP contribution in [0.25, 0.3) is 6.08 Å². The lowest BCUT2D eigenvalue weighted by atomic mass is 9.95. The van der Waals surface area contributed by atoms with Gasteiger partial charge >= 0.3 is 0 Å². The normalized spacial score (nSPS) is 15.1. The Hall–Kier alpha value is -4.43. The van der Waals surface area contributed by atoms with E-state index in [-0.39, 0.29) is 11.5 Å².